The SMILES string of the molecule is Cc1cc(Cl)cc2sc(N(CCN(C)C)C(=O)c3ccccc3I)nc12. The molecule has 0 bridgehead atoms. The second kappa shape index (κ2) is 8.21. The molecule has 1 aromatic heterocycles. The van der Waals surface area contributed by atoms with Crippen molar-refractivity contribution in [3.05, 3.63) is 56.1 Å². The molecule has 0 saturated carbocycles. The van der Waals surface area contributed by atoms with Crippen molar-refractivity contribution in [3.8, 4) is 0 Å². The normalized spacial score (nSPS) is 11.3. The Hall–Kier alpha value is -1.22. The summed E-state index contributed by atoms with van der Waals surface area (Å²) in [6.45, 7) is 3.32. The van der Waals surface area contributed by atoms with Crippen molar-refractivity contribution in [3.63, 3.8) is 0 Å². The highest BCUT2D eigenvalue weighted by atomic mass is 127. The van der Waals surface area contributed by atoms with E-state index in [4.69, 9.17) is 16.6 Å². The molecule has 26 heavy (non-hydrogen) atoms. The Labute approximate surface area is 175 Å². The molecule has 0 radical (unpaired) electrons. The van der Waals surface area contributed by atoms with Crippen molar-refractivity contribution in [2.24, 2.45) is 0 Å². The van der Waals surface area contributed by atoms with E-state index in [9.17, 15) is 4.79 Å². The van der Waals surface area contributed by atoms with E-state index in [1.54, 1.807) is 4.90 Å². The van der Waals surface area contributed by atoms with Gasteiger partial charge in [0.15, 0.2) is 5.13 Å². The standard InChI is InChI=1S/C19H19ClIN3OS/c1-12-10-13(20)11-16-17(12)22-19(26-16)24(9-8-23(2)3)18(25)14-6-4-5-7-15(14)21/h4-7,10-11H,8-9H2,1-3H3. The number of nitrogens with zero attached hydrogens (tertiary/aromatic N) is 3. The molecule has 3 aromatic rings. The first-order chi connectivity index (χ1) is 12.4. The third-order valence-corrected chi connectivity index (χ3v) is 6.17. The van der Waals surface area contributed by atoms with E-state index in [1.807, 2.05) is 57.4 Å². The van der Waals surface area contributed by atoms with Gasteiger partial charge in [-0.15, -0.1) is 0 Å². The highest BCUT2D eigenvalue weighted by molar-refractivity contribution is 14.1. The number of carbonyl (C=O) groups is 1. The number of aryl methyl sites for hydroxylation is 1. The van der Waals surface area contributed by atoms with Crippen molar-refractivity contribution in [2.75, 3.05) is 32.1 Å². The van der Waals surface area contributed by atoms with Gasteiger partial charge >= 0.3 is 0 Å². The minimum absolute atomic E-state index is 0.0281. The number of rotatable bonds is 5. The van der Waals surface area contributed by atoms with Gasteiger partial charge in [-0.25, -0.2) is 4.98 Å². The molecule has 0 fully saturated rings. The van der Waals surface area contributed by atoms with Gasteiger partial charge in [-0.1, -0.05) is 35.1 Å². The zero-order valence-electron chi connectivity index (χ0n) is 14.8. The van der Waals surface area contributed by atoms with Gasteiger partial charge in [-0.3, -0.25) is 9.69 Å². The summed E-state index contributed by atoms with van der Waals surface area (Å²) >= 11 is 9.89. The average molecular weight is 500 g/mol. The van der Waals surface area contributed by atoms with Gasteiger partial charge in [0.1, 0.15) is 0 Å². The fourth-order valence-corrected chi connectivity index (χ4v) is 4.69. The summed E-state index contributed by atoms with van der Waals surface area (Å²) < 4.78 is 1.93. The summed E-state index contributed by atoms with van der Waals surface area (Å²) in [5.41, 5.74) is 2.62. The first kappa shape index (κ1) is 19.5. The number of amides is 1. The van der Waals surface area contributed by atoms with E-state index in [-0.39, 0.29) is 5.91 Å². The largest absolute Gasteiger partial charge is 0.308 e. The van der Waals surface area contributed by atoms with Crippen molar-refractivity contribution >= 4 is 66.8 Å². The highest BCUT2D eigenvalue weighted by Gasteiger charge is 2.23. The molecule has 2 aromatic carbocycles. The Morgan fingerprint density at radius 1 is 1.23 bits per heavy atom. The van der Waals surface area contributed by atoms with Crippen molar-refractivity contribution < 1.29 is 4.79 Å². The predicted molar refractivity (Wildman–Crippen MR) is 119 cm³/mol. The molecule has 0 unspecified atom stereocenters. The number of anilines is 1. The van der Waals surface area contributed by atoms with Crippen molar-refractivity contribution in [2.45, 2.75) is 6.92 Å². The van der Waals surface area contributed by atoms with Crippen LogP contribution in [0.15, 0.2) is 36.4 Å². The number of carbonyl (C=O) groups excluding carboxylic acids is 1. The topological polar surface area (TPSA) is 36.4 Å². The zero-order valence-corrected chi connectivity index (χ0v) is 18.5. The number of likely N-dealkylation sites (N-methyl/N-ethyl adjacent to an activating group) is 1. The molecule has 1 amide bonds. The number of benzene rings is 2. The number of fused-ring (bicyclic) bond motifs is 1. The van der Waals surface area contributed by atoms with Crippen LogP contribution in [0.5, 0.6) is 0 Å². The van der Waals surface area contributed by atoms with Crippen LogP contribution in [0, 0.1) is 10.5 Å². The average Bonchev–Trinajstić information content (AvgIpc) is 2.99. The second-order valence-corrected chi connectivity index (χ2v) is 8.91. The fraction of sp³-hybridized carbons (Fsp3) is 0.263. The molecule has 0 aliphatic heterocycles. The van der Waals surface area contributed by atoms with E-state index in [1.165, 1.54) is 11.3 Å². The van der Waals surface area contributed by atoms with Gasteiger partial charge < -0.3 is 4.90 Å². The number of thiazole rings is 1. The minimum Gasteiger partial charge on any atom is -0.308 e. The summed E-state index contributed by atoms with van der Waals surface area (Å²) in [6.07, 6.45) is 0. The highest BCUT2D eigenvalue weighted by Crippen LogP contribution is 2.33. The van der Waals surface area contributed by atoms with Crippen LogP contribution in [0.3, 0.4) is 0 Å². The maximum absolute atomic E-state index is 13.3. The lowest BCUT2D eigenvalue weighted by atomic mass is 10.2. The van der Waals surface area contributed by atoms with Crippen LogP contribution in [0.4, 0.5) is 5.13 Å². The Balaban J connectivity index is 2.05. The van der Waals surface area contributed by atoms with E-state index in [0.717, 1.165) is 25.9 Å². The Morgan fingerprint density at radius 2 is 1.96 bits per heavy atom. The fourth-order valence-electron chi connectivity index (χ4n) is 2.62. The molecule has 0 saturated heterocycles. The van der Waals surface area contributed by atoms with E-state index in [0.29, 0.717) is 22.3 Å². The molecular formula is C19H19ClIN3OS. The third kappa shape index (κ3) is 4.19. The molecule has 0 aliphatic carbocycles. The predicted octanol–water partition coefficient (Wildman–Crippen LogP) is 5.07. The van der Waals surface area contributed by atoms with Crippen LogP contribution in [0.2, 0.25) is 5.02 Å². The van der Waals surface area contributed by atoms with Gasteiger partial charge in [0.05, 0.1) is 15.8 Å². The van der Waals surface area contributed by atoms with E-state index < -0.39 is 0 Å². The van der Waals surface area contributed by atoms with Crippen LogP contribution in [0.1, 0.15) is 15.9 Å². The van der Waals surface area contributed by atoms with Gasteiger partial charge in [-0.2, -0.15) is 0 Å². The molecule has 3 rings (SSSR count). The number of halogens is 2. The molecular weight excluding hydrogens is 481 g/mol. The molecule has 4 nitrogen and oxygen atoms in total. The number of hydrogen-bond acceptors (Lipinski definition) is 4. The molecule has 0 aliphatic rings. The monoisotopic (exact) mass is 499 g/mol. The second-order valence-electron chi connectivity index (χ2n) is 6.31. The molecule has 7 heteroatoms. The summed E-state index contributed by atoms with van der Waals surface area (Å²) in [5.74, 6) is -0.0281. The van der Waals surface area contributed by atoms with Crippen LogP contribution in [0.25, 0.3) is 10.2 Å². The maximum Gasteiger partial charge on any atom is 0.261 e. The van der Waals surface area contributed by atoms with Crippen LogP contribution >= 0.6 is 45.5 Å². The summed E-state index contributed by atoms with van der Waals surface area (Å²) in [5, 5.41) is 1.39. The number of hydrogen-bond donors (Lipinski definition) is 0. The molecule has 0 N–H and O–H groups in total. The van der Waals surface area contributed by atoms with Crippen LogP contribution < -0.4 is 4.90 Å². The van der Waals surface area contributed by atoms with Crippen molar-refractivity contribution in [1.29, 1.82) is 0 Å². The lowest BCUT2D eigenvalue weighted by Crippen LogP contribution is -2.37. The first-order valence-corrected chi connectivity index (χ1v) is 10.4. The molecule has 0 atom stereocenters. The smallest absolute Gasteiger partial charge is 0.261 e. The third-order valence-electron chi connectivity index (χ3n) is 3.99. The maximum atomic E-state index is 13.3. The van der Waals surface area contributed by atoms with Crippen molar-refractivity contribution in [1.82, 2.24) is 9.88 Å². The molecule has 136 valence electrons. The van der Waals surface area contributed by atoms with Crippen LogP contribution in [-0.2, 0) is 0 Å². The van der Waals surface area contributed by atoms with E-state index >= 15 is 0 Å². The van der Waals surface area contributed by atoms with Gasteiger partial charge in [-0.05, 0) is 73.4 Å². The Morgan fingerprint density at radius 3 is 2.65 bits per heavy atom. The zero-order chi connectivity index (χ0) is 18.8. The first-order valence-electron chi connectivity index (χ1n) is 8.14. The lowest BCUT2D eigenvalue weighted by molar-refractivity contribution is 0.0984. The quantitative estimate of drug-likeness (QED) is 0.460. The Bertz CT molecular complexity index is 957. The number of aromatic nitrogens is 1. The lowest BCUT2D eigenvalue weighted by Gasteiger charge is -2.22. The summed E-state index contributed by atoms with van der Waals surface area (Å²) in [4.78, 5) is 21.8. The Kier molecular flexibility index (Phi) is 6.17. The molecule has 0 spiro atoms. The summed E-state index contributed by atoms with van der Waals surface area (Å²) in [6, 6.07) is 11.4. The van der Waals surface area contributed by atoms with E-state index in [2.05, 4.69) is 27.5 Å². The van der Waals surface area contributed by atoms with Gasteiger partial charge in [0.25, 0.3) is 5.91 Å². The van der Waals surface area contributed by atoms with Crippen LogP contribution in [-0.4, -0.2) is 43.0 Å². The summed E-state index contributed by atoms with van der Waals surface area (Å²) in [7, 11) is 3.99. The molecule has 1 heterocycles. The van der Waals surface area contributed by atoms with Gasteiger partial charge in [0, 0.05) is 21.7 Å². The minimum atomic E-state index is -0.0281. The van der Waals surface area contributed by atoms with Gasteiger partial charge in [0.2, 0.25) is 0 Å².